The fraction of sp³-hybridized carbons (Fsp3) is 0.0303. The molecule has 0 N–H and O–H groups in total. The molecule has 0 spiro atoms. The number of alkyl halides is 6. The SMILES string of the molecule is C=P([CH2-])(c1ccccc1)c1ccccc1.C=P([CH2-])(c1ccccc1)c1ccccc1.O=S(=O)([O-])C(F)(F)F.O=S(=O)([O-])C(F)(F)F.O=S(=O)([O-])c1cccc(P(c2ccccc2)c2cccc(S(=O)(=O)[O-])c2)c1.O=S(=O)([O-])c1cccc(P(c2ccccc2)c2cccc(S(=O)(=O)[O-])c2)c1.[Au].[Au].[Na+].[Na+].[Na+].[Na+]. The van der Waals surface area contributed by atoms with Crippen molar-refractivity contribution in [1.82, 2.24) is 0 Å². The second-order valence-corrected chi connectivity index (χ2v) is 38.9. The van der Waals surface area contributed by atoms with Crippen molar-refractivity contribution in [2.45, 2.75) is 30.6 Å². The Kier molecular flexibility index (Phi) is 46.6. The molecule has 0 saturated heterocycles. The Morgan fingerprint density at radius 3 is 0.557 bits per heavy atom. The molecule has 0 aliphatic heterocycles. The van der Waals surface area contributed by atoms with E-state index in [4.69, 9.17) is 25.9 Å². The van der Waals surface area contributed by atoms with Crippen LogP contribution in [0.15, 0.2) is 299 Å². The Morgan fingerprint density at radius 2 is 0.415 bits per heavy atom. The van der Waals surface area contributed by atoms with Crippen molar-refractivity contribution in [2.24, 2.45) is 0 Å². The van der Waals surface area contributed by atoms with E-state index in [0.29, 0.717) is 21.2 Å². The van der Waals surface area contributed by atoms with Crippen LogP contribution in [0, 0.1) is 13.3 Å². The summed E-state index contributed by atoms with van der Waals surface area (Å²) in [4.78, 5) is -1.46. The molecule has 0 fully saturated rings. The first kappa shape index (κ1) is 106. The topological polar surface area (TPSA) is 343 Å². The molecular formula is C66H54Au2F6Na4O18P4S6-4. The molecule has 10 aromatic carbocycles. The summed E-state index contributed by atoms with van der Waals surface area (Å²) in [5.41, 5.74) is -11.3. The van der Waals surface area contributed by atoms with E-state index in [1.165, 1.54) is 94.0 Å². The van der Waals surface area contributed by atoms with Gasteiger partial charge in [0.2, 0.25) is 0 Å². The maximum Gasteiger partial charge on any atom is 1.00 e. The van der Waals surface area contributed by atoms with Gasteiger partial charge in [-0.05, 0) is 117 Å². The largest absolute Gasteiger partial charge is 1.00 e. The third-order valence-electron chi connectivity index (χ3n) is 13.1. The Morgan fingerprint density at radius 1 is 0.274 bits per heavy atom. The monoisotopic (exact) mass is 2050 g/mol. The van der Waals surface area contributed by atoms with E-state index >= 15 is 0 Å². The van der Waals surface area contributed by atoms with Gasteiger partial charge < -0.3 is 40.6 Å². The summed E-state index contributed by atoms with van der Waals surface area (Å²) in [5, 5.41) is 8.81. The summed E-state index contributed by atoms with van der Waals surface area (Å²) in [7, 11) is -33.5. The zero-order valence-electron chi connectivity index (χ0n) is 55.8. The van der Waals surface area contributed by atoms with Crippen molar-refractivity contribution < 1.29 is 267 Å². The Balaban J connectivity index is 0. The van der Waals surface area contributed by atoms with E-state index in [0.717, 1.165) is 10.6 Å². The van der Waals surface area contributed by atoms with Gasteiger partial charge in [0.05, 0.1) is 19.6 Å². The fourth-order valence-corrected chi connectivity index (χ4v) is 19.0. The molecule has 0 aromatic heterocycles. The molecule has 0 atom stereocenters. The minimum Gasteiger partial charge on any atom is -0.744 e. The summed E-state index contributed by atoms with van der Waals surface area (Å²) in [5.74, 6) is 0. The molecule has 0 unspecified atom stereocenters. The van der Waals surface area contributed by atoms with Crippen LogP contribution in [0.5, 0.6) is 0 Å². The van der Waals surface area contributed by atoms with E-state index in [2.05, 4.69) is 74.5 Å². The molecule has 18 nitrogen and oxygen atoms in total. The molecule has 10 aromatic rings. The van der Waals surface area contributed by atoms with Crippen molar-refractivity contribution in [2.75, 3.05) is 0 Å². The zero-order chi connectivity index (χ0) is 74.8. The number of halogens is 6. The van der Waals surface area contributed by atoms with Crippen LogP contribution in [0.4, 0.5) is 26.3 Å². The summed E-state index contributed by atoms with van der Waals surface area (Å²) < 4.78 is 255. The molecule has 0 bridgehead atoms. The van der Waals surface area contributed by atoms with E-state index in [1.54, 1.807) is 48.5 Å². The Bertz CT molecular complexity index is 4670. The van der Waals surface area contributed by atoms with Crippen LogP contribution >= 0.6 is 29.6 Å². The van der Waals surface area contributed by atoms with Crippen LogP contribution in [0.3, 0.4) is 0 Å². The molecular weight excluding hydrogens is 2000 g/mol. The maximum absolute atomic E-state index is 11.4. The molecule has 10 rings (SSSR count). The molecule has 554 valence electrons. The van der Waals surface area contributed by atoms with Crippen molar-refractivity contribution in [1.29, 1.82) is 0 Å². The molecule has 106 heavy (non-hydrogen) atoms. The van der Waals surface area contributed by atoms with Gasteiger partial charge >= 0.3 is 129 Å². The normalized spacial score (nSPS) is 11.5. The molecule has 40 heteroatoms. The van der Waals surface area contributed by atoms with Gasteiger partial charge in [-0.1, -0.05) is 231 Å². The van der Waals surface area contributed by atoms with E-state index in [1.807, 2.05) is 109 Å². The molecule has 0 aliphatic rings. The van der Waals surface area contributed by atoms with E-state index < -0.39 is 101 Å². The van der Waals surface area contributed by atoms with Crippen LogP contribution in [0.25, 0.3) is 0 Å². The predicted molar refractivity (Wildman–Crippen MR) is 377 cm³/mol. The predicted octanol–water partition coefficient (Wildman–Crippen LogP) is -3.62. The third kappa shape index (κ3) is 33.7. The fourth-order valence-electron chi connectivity index (χ4n) is 8.31. The Labute approximate surface area is 736 Å². The summed E-state index contributed by atoms with van der Waals surface area (Å²) in [6.07, 6.45) is 8.62. The number of benzene rings is 10. The molecule has 0 aliphatic carbocycles. The van der Waals surface area contributed by atoms with E-state index in [-0.39, 0.29) is 183 Å². The average Bonchev–Trinajstić information content (AvgIpc) is 0.766. The summed E-state index contributed by atoms with van der Waals surface area (Å²) >= 11 is 0. The van der Waals surface area contributed by atoms with Crippen molar-refractivity contribution in [3.63, 3.8) is 0 Å². The van der Waals surface area contributed by atoms with Crippen LogP contribution in [-0.2, 0) is 105 Å². The second-order valence-electron chi connectivity index (χ2n) is 20.2. The van der Waals surface area contributed by atoms with Gasteiger partial charge in [-0.25, -0.2) is 50.5 Å². The second kappa shape index (κ2) is 46.5. The van der Waals surface area contributed by atoms with Crippen molar-refractivity contribution in [3.05, 3.63) is 292 Å². The van der Waals surface area contributed by atoms with Gasteiger partial charge in [0.15, 0.2) is 20.2 Å². The van der Waals surface area contributed by atoms with Gasteiger partial charge in [0, 0.05) is 44.8 Å². The van der Waals surface area contributed by atoms with Gasteiger partial charge in [-0.2, -0.15) is 40.1 Å². The van der Waals surface area contributed by atoms with Crippen LogP contribution < -0.4 is 171 Å². The van der Waals surface area contributed by atoms with Crippen LogP contribution in [-0.4, -0.2) is 101 Å². The van der Waals surface area contributed by atoms with Crippen molar-refractivity contribution >= 4 is 156 Å². The zero-order valence-corrected chi connectivity index (χ0v) is 76.7. The van der Waals surface area contributed by atoms with Gasteiger partial charge in [-0.3, -0.25) is 0 Å². The first-order valence-corrected chi connectivity index (χ1v) is 43.1. The molecule has 2 radical (unpaired) electrons. The van der Waals surface area contributed by atoms with Gasteiger partial charge in [0.25, 0.3) is 0 Å². The smallest absolute Gasteiger partial charge is 0.744 e. The number of hydrogen-bond acceptors (Lipinski definition) is 18. The molecule has 0 heterocycles. The van der Waals surface area contributed by atoms with E-state index in [9.17, 15) is 78.2 Å². The molecule has 0 amide bonds. The minimum absolute atomic E-state index is 0. The number of rotatable bonds is 14. The maximum atomic E-state index is 11.4. The third-order valence-corrected chi connectivity index (χ3v) is 27.5. The first-order valence-electron chi connectivity index (χ1n) is 27.6. The summed E-state index contributed by atoms with van der Waals surface area (Å²) in [6, 6.07) is 82.0. The quantitative estimate of drug-likeness (QED) is 0.0253. The summed E-state index contributed by atoms with van der Waals surface area (Å²) in [6.45, 7) is 5.33. The standard InChI is InChI=1S/2C18H15O6PS2.2C14H14P.2CHF3O3S.2Au.4Na/c2*19-26(20,21)17-10-4-8-15(12-17)25(14-6-2-1-3-7-14)16-9-5-11-18(13-16)27(22,23)24;2*1-15(2,13-9-5-3-6-10-13)14-11-7-4-8-12-14;2*2-1(3,4)8(5,6)7;;;;;;/h2*1-13H,(H,19,20,21)(H,22,23,24);2*3-12H,1-2H2;2*(H,5,6,7);;;;;;/q;;2*-1;;;;;4*+1/p-6. The minimum atomic E-state index is -6.09. The Hall–Kier alpha value is -1.82. The van der Waals surface area contributed by atoms with Gasteiger partial charge in [-0.15, -0.1) is 12.6 Å². The van der Waals surface area contributed by atoms with Crippen molar-refractivity contribution in [3.8, 4) is 0 Å². The van der Waals surface area contributed by atoms with Gasteiger partial charge in [0.1, 0.15) is 40.5 Å². The molecule has 0 saturated carbocycles. The average molecular weight is 2050 g/mol. The first-order chi connectivity index (χ1) is 46.2. The van der Waals surface area contributed by atoms with Crippen LogP contribution in [0.1, 0.15) is 0 Å². The number of hydrogen-bond donors (Lipinski definition) is 0. The van der Waals surface area contributed by atoms with Crippen LogP contribution in [0.2, 0.25) is 0 Å².